The minimum atomic E-state index is -4.40. The largest absolute Gasteiger partial charge is 0.472 e. The summed E-state index contributed by atoms with van der Waals surface area (Å²) in [6.07, 6.45) is 27.1. The highest BCUT2D eigenvalue weighted by atomic mass is 31.2. The smallest absolute Gasteiger partial charge is 0.463 e. The van der Waals surface area contributed by atoms with Gasteiger partial charge in [-0.2, -0.15) is 0 Å². The van der Waals surface area contributed by atoms with Crippen molar-refractivity contribution in [1.29, 1.82) is 0 Å². The molecule has 0 aliphatic rings. The van der Waals surface area contributed by atoms with Crippen LogP contribution in [0, 0.1) is 0 Å². The number of ether oxygens (including phenoxy) is 1. The molecule has 9 nitrogen and oxygen atoms in total. The van der Waals surface area contributed by atoms with Crippen molar-refractivity contribution in [3.8, 4) is 0 Å². The molecule has 0 aromatic carbocycles. The van der Waals surface area contributed by atoms with Crippen molar-refractivity contribution in [2.45, 2.75) is 161 Å². The molecule has 10 heteroatoms. The number of esters is 1. The number of hydrogen-bond donors (Lipinski definition) is 3. The predicted molar refractivity (Wildman–Crippen MR) is 174 cm³/mol. The van der Waals surface area contributed by atoms with E-state index in [2.05, 4.69) is 31.3 Å². The van der Waals surface area contributed by atoms with E-state index in [0.717, 1.165) is 57.8 Å². The summed E-state index contributed by atoms with van der Waals surface area (Å²) < 4.78 is 26.6. The van der Waals surface area contributed by atoms with Gasteiger partial charge in [0.2, 0.25) is 5.91 Å². The number of nitrogens with one attached hydrogen (secondary N) is 1. The first kappa shape index (κ1) is 41.8. The first-order valence-corrected chi connectivity index (χ1v) is 18.7. The molecule has 0 radical (unpaired) electrons. The van der Waals surface area contributed by atoms with Crippen LogP contribution in [0.15, 0.2) is 12.2 Å². The second kappa shape index (κ2) is 30.8. The maximum Gasteiger partial charge on any atom is 0.472 e. The third kappa shape index (κ3) is 32.0. The van der Waals surface area contributed by atoms with Crippen molar-refractivity contribution in [2.24, 2.45) is 0 Å². The summed E-state index contributed by atoms with van der Waals surface area (Å²) in [5, 5.41) is 12.6. The average Bonchev–Trinajstić information content (AvgIpc) is 2.98. The number of phosphoric ester groups is 1. The molecule has 0 heterocycles. The monoisotopic (exact) mass is 633 g/mol. The van der Waals surface area contributed by atoms with Crippen LogP contribution in [0.4, 0.5) is 0 Å². The Labute approximate surface area is 262 Å². The minimum Gasteiger partial charge on any atom is -0.463 e. The number of carbonyl (C=O) groups is 2. The number of phosphoric acid groups is 1. The van der Waals surface area contributed by atoms with E-state index in [1.165, 1.54) is 70.6 Å². The van der Waals surface area contributed by atoms with Crippen molar-refractivity contribution >= 4 is 19.7 Å². The molecular weight excluding hydrogens is 569 g/mol. The molecule has 0 spiro atoms. The van der Waals surface area contributed by atoms with E-state index >= 15 is 0 Å². The van der Waals surface area contributed by atoms with Crippen LogP contribution in [0.1, 0.15) is 155 Å². The number of aliphatic hydroxyl groups is 1. The van der Waals surface area contributed by atoms with Gasteiger partial charge >= 0.3 is 13.8 Å². The highest BCUT2D eigenvalue weighted by molar-refractivity contribution is 7.47. The molecule has 0 bridgehead atoms. The van der Waals surface area contributed by atoms with Gasteiger partial charge in [0, 0.05) is 19.4 Å². The molecule has 0 aromatic heterocycles. The molecule has 0 aliphatic heterocycles. The van der Waals surface area contributed by atoms with Crippen molar-refractivity contribution in [1.82, 2.24) is 5.32 Å². The Hall–Kier alpha value is -1.25. The number of hydrogen-bond acceptors (Lipinski definition) is 7. The van der Waals surface area contributed by atoms with Gasteiger partial charge in [-0.05, 0) is 38.5 Å². The van der Waals surface area contributed by atoms with Crippen LogP contribution in [0.3, 0.4) is 0 Å². The molecule has 0 fully saturated rings. The molecule has 0 saturated heterocycles. The quantitative estimate of drug-likeness (QED) is 0.0292. The van der Waals surface area contributed by atoms with Crippen LogP contribution in [0.25, 0.3) is 0 Å². The Morgan fingerprint density at radius 3 is 1.77 bits per heavy atom. The summed E-state index contributed by atoms with van der Waals surface area (Å²) in [5.74, 6) is -0.527. The third-order valence-electron chi connectivity index (χ3n) is 7.20. The van der Waals surface area contributed by atoms with E-state index in [9.17, 15) is 24.2 Å². The van der Waals surface area contributed by atoms with Gasteiger partial charge in [0.15, 0.2) is 0 Å². The number of allylic oxidation sites excluding steroid dienone is 2. The topological polar surface area (TPSA) is 131 Å². The molecule has 0 rings (SSSR count). The van der Waals surface area contributed by atoms with Gasteiger partial charge in [-0.1, -0.05) is 116 Å². The standard InChI is InChI=1S/C33H64NO8P/c1-3-5-7-9-11-13-14-15-16-18-20-22-24-26-33(37)40-29-31(35)30-42-43(38,39)41-28-27-34-32(36)25-23-21-19-17-12-10-8-6-4-2/h13-14,31,35H,3-12,15-30H2,1-2H3,(H,34,36)(H,38,39)/b14-13-. The lowest BCUT2D eigenvalue weighted by Gasteiger charge is -2.15. The summed E-state index contributed by atoms with van der Waals surface area (Å²) in [7, 11) is -4.40. The maximum atomic E-state index is 12.0. The Kier molecular flexibility index (Phi) is 29.9. The predicted octanol–water partition coefficient (Wildman–Crippen LogP) is 8.32. The fraction of sp³-hybridized carbons (Fsp3) is 0.879. The van der Waals surface area contributed by atoms with E-state index in [1.807, 2.05) is 0 Å². The van der Waals surface area contributed by atoms with E-state index in [1.54, 1.807) is 0 Å². The van der Waals surface area contributed by atoms with E-state index in [4.69, 9.17) is 13.8 Å². The van der Waals surface area contributed by atoms with Gasteiger partial charge in [-0.25, -0.2) is 4.57 Å². The Morgan fingerprint density at radius 2 is 1.19 bits per heavy atom. The summed E-state index contributed by atoms with van der Waals surface area (Å²) in [6, 6.07) is 0. The lowest BCUT2D eigenvalue weighted by atomic mass is 10.1. The van der Waals surface area contributed by atoms with Crippen molar-refractivity contribution in [2.75, 3.05) is 26.4 Å². The molecule has 0 aromatic rings. The normalized spacial score (nSPS) is 13.7. The van der Waals surface area contributed by atoms with Crippen molar-refractivity contribution < 1.29 is 37.9 Å². The van der Waals surface area contributed by atoms with Gasteiger partial charge in [-0.15, -0.1) is 0 Å². The fourth-order valence-electron chi connectivity index (χ4n) is 4.55. The zero-order chi connectivity index (χ0) is 31.9. The number of amides is 1. The fourth-order valence-corrected chi connectivity index (χ4v) is 5.31. The summed E-state index contributed by atoms with van der Waals surface area (Å²) >= 11 is 0. The lowest BCUT2D eigenvalue weighted by molar-refractivity contribution is -0.147. The highest BCUT2D eigenvalue weighted by Gasteiger charge is 2.23. The minimum absolute atomic E-state index is 0.0839. The Bertz CT molecular complexity index is 734. The second-order valence-electron chi connectivity index (χ2n) is 11.5. The second-order valence-corrected chi connectivity index (χ2v) is 12.9. The average molecular weight is 634 g/mol. The molecule has 3 N–H and O–H groups in total. The van der Waals surface area contributed by atoms with Gasteiger partial charge in [-0.3, -0.25) is 18.6 Å². The maximum absolute atomic E-state index is 12.0. The number of unbranched alkanes of at least 4 members (excludes halogenated alkanes) is 17. The summed E-state index contributed by atoms with van der Waals surface area (Å²) in [6.45, 7) is 3.49. The van der Waals surface area contributed by atoms with Crippen LogP contribution in [-0.4, -0.2) is 54.3 Å². The number of aliphatic hydroxyl groups excluding tert-OH is 1. The Balaban J connectivity index is 3.66. The van der Waals surface area contributed by atoms with Gasteiger partial charge in [0.25, 0.3) is 0 Å². The molecule has 2 atom stereocenters. The molecule has 2 unspecified atom stereocenters. The van der Waals surface area contributed by atoms with Crippen LogP contribution in [0.5, 0.6) is 0 Å². The van der Waals surface area contributed by atoms with Crippen LogP contribution < -0.4 is 5.32 Å². The van der Waals surface area contributed by atoms with Crippen LogP contribution >= 0.6 is 7.82 Å². The van der Waals surface area contributed by atoms with Crippen molar-refractivity contribution in [3.63, 3.8) is 0 Å². The first-order valence-electron chi connectivity index (χ1n) is 17.2. The molecule has 254 valence electrons. The first-order chi connectivity index (χ1) is 20.8. The number of carbonyl (C=O) groups excluding carboxylic acids is 2. The highest BCUT2D eigenvalue weighted by Crippen LogP contribution is 2.42. The zero-order valence-electron chi connectivity index (χ0n) is 27.4. The molecule has 43 heavy (non-hydrogen) atoms. The molecule has 1 amide bonds. The zero-order valence-corrected chi connectivity index (χ0v) is 28.3. The Morgan fingerprint density at radius 1 is 0.698 bits per heavy atom. The van der Waals surface area contributed by atoms with Crippen molar-refractivity contribution in [3.05, 3.63) is 12.2 Å². The summed E-state index contributed by atoms with van der Waals surface area (Å²) in [4.78, 5) is 33.5. The van der Waals surface area contributed by atoms with E-state index < -0.39 is 26.5 Å². The van der Waals surface area contributed by atoms with Gasteiger partial charge in [0.05, 0.1) is 13.2 Å². The van der Waals surface area contributed by atoms with Crippen LogP contribution in [-0.2, 0) is 27.9 Å². The van der Waals surface area contributed by atoms with Gasteiger partial charge in [0.1, 0.15) is 12.7 Å². The van der Waals surface area contributed by atoms with Crippen LogP contribution in [0.2, 0.25) is 0 Å². The molecular formula is C33H64NO8P. The van der Waals surface area contributed by atoms with Gasteiger partial charge < -0.3 is 20.1 Å². The summed E-state index contributed by atoms with van der Waals surface area (Å²) in [5.41, 5.74) is 0. The third-order valence-corrected chi connectivity index (χ3v) is 8.18. The van der Waals surface area contributed by atoms with E-state index in [-0.39, 0.29) is 32.1 Å². The molecule has 0 saturated carbocycles. The number of rotatable bonds is 32. The van der Waals surface area contributed by atoms with E-state index in [0.29, 0.717) is 6.42 Å². The lowest BCUT2D eigenvalue weighted by Crippen LogP contribution is -2.27. The SMILES string of the molecule is CCCCCC/C=C\CCCCCCCC(=O)OCC(O)COP(=O)(O)OCCNC(=O)CCCCCCCCCCC. The molecule has 0 aliphatic carbocycles.